The molecule has 5 nitrogen and oxygen atoms in total. The molecule has 0 fully saturated rings. The van der Waals surface area contributed by atoms with Gasteiger partial charge in [-0.1, -0.05) is 23.2 Å². The van der Waals surface area contributed by atoms with E-state index >= 15 is 0 Å². The predicted octanol–water partition coefficient (Wildman–Crippen LogP) is 2.89. The van der Waals surface area contributed by atoms with Gasteiger partial charge in [0.25, 0.3) is 10.0 Å². The lowest BCUT2D eigenvalue weighted by atomic mass is 10.4. The molecule has 0 amide bonds. The first-order valence-corrected chi connectivity index (χ1v) is 7.25. The number of benzene rings is 1. The summed E-state index contributed by atoms with van der Waals surface area (Å²) in [6.45, 7) is 0. The Balaban J connectivity index is 2.38. The van der Waals surface area contributed by atoms with Gasteiger partial charge in [0, 0.05) is 12.3 Å². The molecule has 0 bridgehead atoms. The highest BCUT2D eigenvalue weighted by atomic mass is 35.5. The Morgan fingerprint density at radius 1 is 1.16 bits per heavy atom. The molecule has 100 valence electrons. The number of hydrogen-bond donors (Lipinski definition) is 2. The van der Waals surface area contributed by atoms with Crippen LogP contribution in [0.2, 0.25) is 10.0 Å². The van der Waals surface area contributed by atoms with Gasteiger partial charge in [-0.05, 0) is 18.2 Å². The lowest BCUT2D eigenvalue weighted by molar-refractivity contribution is 0.477. The second-order valence-corrected chi connectivity index (χ2v) is 6.07. The van der Waals surface area contributed by atoms with E-state index in [1.54, 1.807) is 0 Å². The molecule has 2 aromatic rings. The molecule has 0 unspecified atom stereocenters. The number of pyridine rings is 1. The maximum atomic E-state index is 12.1. The minimum atomic E-state index is -3.87. The average molecular weight is 319 g/mol. The van der Waals surface area contributed by atoms with Crippen molar-refractivity contribution in [3.05, 3.63) is 46.7 Å². The highest BCUT2D eigenvalue weighted by molar-refractivity contribution is 7.92. The van der Waals surface area contributed by atoms with Crippen LogP contribution in [0.3, 0.4) is 0 Å². The molecular weight excluding hydrogens is 311 g/mol. The fourth-order valence-electron chi connectivity index (χ4n) is 1.31. The topological polar surface area (TPSA) is 79.3 Å². The molecule has 1 heterocycles. The van der Waals surface area contributed by atoms with E-state index in [0.29, 0.717) is 0 Å². The molecule has 0 saturated heterocycles. The van der Waals surface area contributed by atoms with Crippen LogP contribution >= 0.6 is 23.2 Å². The second kappa shape index (κ2) is 5.24. The van der Waals surface area contributed by atoms with Crippen molar-refractivity contribution in [3.63, 3.8) is 0 Å². The number of rotatable bonds is 3. The molecule has 0 radical (unpaired) electrons. The van der Waals surface area contributed by atoms with Gasteiger partial charge in [-0.25, -0.2) is 8.42 Å². The van der Waals surface area contributed by atoms with Crippen LogP contribution in [0, 0.1) is 0 Å². The summed E-state index contributed by atoms with van der Waals surface area (Å²) >= 11 is 11.5. The number of hydrogen-bond acceptors (Lipinski definition) is 4. The molecule has 0 spiro atoms. The smallest absolute Gasteiger partial charge is 0.262 e. The Labute approximate surface area is 119 Å². The van der Waals surface area contributed by atoms with Crippen LogP contribution in [0.15, 0.2) is 41.6 Å². The summed E-state index contributed by atoms with van der Waals surface area (Å²) < 4.78 is 26.3. The Morgan fingerprint density at radius 3 is 2.53 bits per heavy atom. The van der Waals surface area contributed by atoms with Gasteiger partial charge in [0.05, 0.1) is 21.1 Å². The summed E-state index contributed by atoms with van der Waals surface area (Å²) in [5.41, 5.74) is -0.0198. The maximum absolute atomic E-state index is 12.1. The number of anilines is 1. The molecule has 0 saturated carbocycles. The summed E-state index contributed by atoms with van der Waals surface area (Å²) in [7, 11) is -3.87. The normalized spacial score (nSPS) is 11.3. The lowest BCUT2D eigenvalue weighted by Crippen LogP contribution is -2.13. The molecule has 0 atom stereocenters. The standard InChI is InChI=1S/C11H8Cl2N2O3S/c12-8-2-1-7(5-9(8)13)19(17,18)15-10-6-14-4-3-11(10)16/h1-6,15H,(H,14,16). The van der Waals surface area contributed by atoms with Crippen molar-refractivity contribution in [1.82, 2.24) is 4.98 Å². The van der Waals surface area contributed by atoms with Crippen LogP contribution in [0.5, 0.6) is 5.75 Å². The third kappa shape index (κ3) is 3.09. The van der Waals surface area contributed by atoms with Gasteiger partial charge in [0.1, 0.15) is 11.4 Å². The van der Waals surface area contributed by atoms with Crippen LogP contribution in [0.25, 0.3) is 0 Å². The van der Waals surface area contributed by atoms with E-state index in [2.05, 4.69) is 9.71 Å². The lowest BCUT2D eigenvalue weighted by Gasteiger charge is -2.09. The number of aromatic hydroxyl groups is 1. The number of nitrogens with one attached hydrogen (secondary N) is 1. The average Bonchev–Trinajstić information content (AvgIpc) is 2.35. The van der Waals surface area contributed by atoms with E-state index in [0.717, 1.165) is 0 Å². The molecule has 0 aliphatic carbocycles. The van der Waals surface area contributed by atoms with Crippen molar-refractivity contribution in [1.29, 1.82) is 0 Å². The van der Waals surface area contributed by atoms with E-state index in [1.165, 1.54) is 36.7 Å². The van der Waals surface area contributed by atoms with Crippen molar-refractivity contribution in [2.45, 2.75) is 4.90 Å². The summed E-state index contributed by atoms with van der Waals surface area (Å²) in [5, 5.41) is 9.88. The van der Waals surface area contributed by atoms with Gasteiger partial charge in [0.15, 0.2) is 0 Å². The van der Waals surface area contributed by atoms with Crippen molar-refractivity contribution in [2.24, 2.45) is 0 Å². The minimum Gasteiger partial charge on any atom is -0.506 e. The molecule has 8 heteroatoms. The Hall–Kier alpha value is -1.50. The van der Waals surface area contributed by atoms with Crippen LogP contribution in [-0.2, 0) is 10.0 Å². The highest BCUT2D eigenvalue weighted by Gasteiger charge is 2.17. The van der Waals surface area contributed by atoms with Crippen molar-refractivity contribution >= 4 is 38.9 Å². The third-order valence-corrected chi connectivity index (χ3v) is 4.35. The van der Waals surface area contributed by atoms with Gasteiger partial charge < -0.3 is 5.11 Å². The fraction of sp³-hybridized carbons (Fsp3) is 0. The first-order chi connectivity index (χ1) is 8.90. The van der Waals surface area contributed by atoms with E-state index in [1.807, 2.05) is 0 Å². The Morgan fingerprint density at radius 2 is 1.89 bits per heavy atom. The molecule has 0 aliphatic heterocycles. The summed E-state index contributed by atoms with van der Waals surface area (Å²) in [5.74, 6) is -0.223. The number of nitrogens with zero attached hydrogens (tertiary/aromatic N) is 1. The second-order valence-electron chi connectivity index (χ2n) is 3.57. The fourth-order valence-corrected chi connectivity index (χ4v) is 2.76. The first-order valence-electron chi connectivity index (χ1n) is 5.01. The van der Waals surface area contributed by atoms with Crippen LogP contribution in [0.1, 0.15) is 0 Å². The van der Waals surface area contributed by atoms with Crippen molar-refractivity contribution in [3.8, 4) is 5.75 Å². The van der Waals surface area contributed by atoms with Gasteiger partial charge in [-0.3, -0.25) is 9.71 Å². The molecule has 0 aliphatic rings. The quantitative estimate of drug-likeness (QED) is 0.912. The van der Waals surface area contributed by atoms with E-state index in [-0.39, 0.29) is 26.4 Å². The van der Waals surface area contributed by atoms with Gasteiger partial charge >= 0.3 is 0 Å². The van der Waals surface area contributed by atoms with Crippen LogP contribution in [-0.4, -0.2) is 18.5 Å². The van der Waals surface area contributed by atoms with E-state index in [4.69, 9.17) is 23.2 Å². The van der Waals surface area contributed by atoms with Gasteiger partial charge in [-0.2, -0.15) is 0 Å². The molecule has 19 heavy (non-hydrogen) atoms. The molecule has 1 aromatic carbocycles. The summed E-state index contributed by atoms with van der Waals surface area (Å²) in [6.07, 6.45) is 2.54. The van der Waals surface area contributed by atoms with Crippen LogP contribution < -0.4 is 4.72 Å². The third-order valence-electron chi connectivity index (χ3n) is 2.24. The predicted molar refractivity (Wildman–Crippen MR) is 73.2 cm³/mol. The molecule has 1 aromatic heterocycles. The molecule has 2 N–H and O–H groups in total. The summed E-state index contributed by atoms with van der Waals surface area (Å²) in [4.78, 5) is 3.66. The molecule has 2 rings (SSSR count). The summed E-state index contributed by atoms with van der Waals surface area (Å²) in [6, 6.07) is 5.18. The van der Waals surface area contributed by atoms with Crippen molar-refractivity contribution in [2.75, 3.05) is 4.72 Å². The SMILES string of the molecule is O=S(=O)(Nc1cnccc1O)c1ccc(Cl)c(Cl)c1. The number of halogens is 2. The van der Waals surface area contributed by atoms with E-state index in [9.17, 15) is 13.5 Å². The number of aromatic nitrogens is 1. The maximum Gasteiger partial charge on any atom is 0.262 e. The zero-order chi connectivity index (χ0) is 14.0. The van der Waals surface area contributed by atoms with Gasteiger partial charge in [0.2, 0.25) is 0 Å². The Kier molecular flexibility index (Phi) is 3.84. The molecular formula is C11H8Cl2N2O3S. The minimum absolute atomic E-state index is 0.0198. The monoisotopic (exact) mass is 318 g/mol. The van der Waals surface area contributed by atoms with E-state index < -0.39 is 10.0 Å². The zero-order valence-corrected chi connectivity index (χ0v) is 11.7. The van der Waals surface area contributed by atoms with Crippen molar-refractivity contribution < 1.29 is 13.5 Å². The zero-order valence-electron chi connectivity index (χ0n) is 9.34. The number of sulfonamides is 1. The highest BCUT2D eigenvalue weighted by Crippen LogP contribution is 2.27. The largest absolute Gasteiger partial charge is 0.506 e. The first kappa shape index (κ1) is 13.9. The van der Waals surface area contributed by atoms with Gasteiger partial charge in [-0.15, -0.1) is 0 Å². The Bertz CT molecular complexity index is 720. The van der Waals surface area contributed by atoms with Crippen LogP contribution in [0.4, 0.5) is 5.69 Å².